The van der Waals surface area contributed by atoms with Crippen molar-refractivity contribution in [1.29, 1.82) is 5.41 Å². The minimum Gasteiger partial charge on any atom is -0.399 e. The zero-order chi connectivity index (χ0) is 16.4. The predicted octanol–water partition coefficient (Wildman–Crippen LogP) is 4.66. The number of halogens is 1. The second-order valence-corrected chi connectivity index (χ2v) is 5.54. The molecule has 0 heterocycles. The normalized spacial score (nSPS) is 13.5. The predicted molar refractivity (Wildman–Crippen MR) is 94.0 cm³/mol. The molecule has 114 valence electrons. The second kappa shape index (κ2) is 6.05. The standard InChI is InChI=1S/C20H17FN2/c1-13-12-16(6-11-19(13)21)20(14-2-7-17(22)8-3-14)15-4-9-18(23)10-5-15/h2-12,22H,23H2,1H3. The summed E-state index contributed by atoms with van der Waals surface area (Å²) in [6.07, 6.45) is 7.32. The van der Waals surface area contributed by atoms with Crippen LogP contribution in [0.25, 0.3) is 5.57 Å². The monoisotopic (exact) mass is 304 g/mol. The zero-order valence-electron chi connectivity index (χ0n) is 12.8. The summed E-state index contributed by atoms with van der Waals surface area (Å²) >= 11 is 0. The lowest BCUT2D eigenvalue weighted by molar-refractivity contribution is 0.618. The van der Waals surface area contributed by atoms with E-state index < -0.39 is 0 Å². The fourth-order valence-electron chi connectivity index (χ4n) is 2.59. The van der Waals surface area contributed by atoms with Crippen molar-refractivity contribution in [3.05, 3.63) is 94.8 Å². The average molecular weight is 304 g/mol. The maximum atomic E-state index is 13.6. The van der Waals surface area contributed by atoms with Crippen LogP contribution in [0.3, 0.4) is 0 Å². The molecule has 3 N–H and O–H groups in total. The van der Waals surface area contributed by atoms with Crippen LogP contribution < -0.4 is 5.73 Å². The van der Waals surface area contributed by atoms with E-state index in [4.69, 9.17) is 11.1 Å². The molecule has 0 radical (unpaired) electrons. The van der Waals surface area contributed by atoms with E-state index in [1.54, 1.807) is 25.1 Å². The molecule has 0 aliphatic heterocycles. The average Bonchev–Trinajstić information content (AvgIpc) is 2.55. The number of rotatable bonds is 2. The van der Waals surface area contributed by atoms with Crippen LogP contribution >= 0.6 is 0 Å². The highest BCUT2D eigenvalue weighted by Crippen LogP contribution is 2.31. The molecule has 0 bridgehead atoms. The summed E-state index contributed by atoms with van der Waals surface area (Å²) in [7, 11) is 0. The van der Waals surface area contributed by atoms with Gasteiger partial charge in [-0.15, -0.1) is 0 Å². The molecule has 0 saturated carbocycles. The molecule has 0 aromatic heterocycles. The van der Waals surface area contributed by atoms with Crippen LogP contribution in [0.15, 0.2) is 72.3 Å². The summed E-state index contributed by atoms with van der Waals surface area (Å²) in [5.41, 5.74) is 11.5. The third kappa shape index (κ3) is 3.14. The lowest BCUT2D eigenvalue weighted by atomic mass is 9.90. The van der Waals surface area contributed by atoms with Crippen LogP contribution in [0.4, 0.5) is 10.1 Å². The van der Waals surface area contributed by atoms with Crippen molar-refractivity contribution in [3.8, 4) is 0 Å². The lowest BCUT2D eigenvalue weighted by Gasteiger charge is -2.15. The Bertz CT molecular complexity index is 838. The van der Waals surface area contributed by atoms with Gasteiger partial charge < -0.3 is 11.1 Å². The van der Waals surface area contributed by atoms with Crippen LogP contribution in [-0.2, 0) is 0 Å². The first-order valence-electron chi connectivity index (χ1n) is 7.36. The molecule has 0 amide bonds. The molecule has 3 heteroatoms. The van der Waals surface area contributed by atoms with Crippen molar-refractivity contribution in [3.63, 3.8) is 0 Å². The molecule has 3 rings (SSSR count). The number of benzene rings is 2. The number of hydrogen-bond donors (Lipinski definition) is 2. The van der Waals surface area contributed by atoms with Crippen LogP contribution in [0.1, 0.15) is 16.7 Å². The smallest absolute Gasteiger partial charge is 0.126 e. The molecule has 0 fully saturated rings. The zero-order valence-corrected chi connectivity index (χ0v) is 12.8. The maximum absolute atomic E-state index is 13.6. The number of allylic oxidation sites excluding steroid dienone is 5. The van der Waals surface area contributed by atoms with Gasteiger partial charge in [0, 0.05) is 5.69 Å². The summed E-state index contributed by atoms with van der Waals surface area (Å²) in [5, 5.41) is 7.66. The third-order valence-electron chi connectivity index (χ3n) is 3.82. The lowest BCUT2D eigenvalue weighted by Crippen LogP contribution is -1.98. The number of nitrogens with two attached hydrogens (primary N) is 1. The highest BCUT2D eigenvalue weighted by molar-refractivity contribution is 6.05. The van der Waals surface area contributed by atoms with E-state index in [-0.39, 0.29) is 5.82 Å². The van der Waals surface area contributed by atoms with Crippen LogP contribution in [0.2, 0.25) is 0 Å². The van der Waals surface area contributed by atoms with Crippen molar-refractivity contribution in [2.45, 2.75) is 6.92 Å². The number of nitrogen functional groups attached to an aromatic ring is 1. The van der Waals surface area contributed by atoms with Gasteiger partial charge in [0.05, 0.1) is 5.71 Å². The van der Waals surface area contributed by atoms with Gasteiger partial charge in [0.2, 0.25) is 0 Å². The highest BCUT2D eigenvalue weighted by Gasteiger charge is 2.12. The Labute approximate surface area is 135 Å². The number of hydrogen-bond acceptors (Lipinski definition) is 2. The van der Waals surface area contributed by atoms with Gasteiger partial charge in [-0.05, 0) is 71.2 Å². The van der Waals surface area contributed by atoms with Gasteiger partial charge in [-0.2, -0.15) is 0 Å². The highest BCUT2D eigenvalue weighted by atomic mass is 19.1. The molecular weight excluding hydrogens is 287 g/mol. The van der Waals surface area contributed by atoms with Gasteiger partial charge in [0.15, 0.2) is 0 Å². The summed E-state index contributed by atoms with van der Waals surface area (Å²) in [6.45, 7) is 1.76. The molecule has 0 spiro atoms. The molecule has 0 atom stereocenters. The van der Waals surface area contributed by atoms with Gasteiger partial charge in [-0.1, -0.05) is 30.4 Å². The van der Waals surface area contributed by atoms with E-state index in [9.17, 15) is 4.39 Å². The SMILES string of the molecule is Cc1cc(C(=C2C=CC(=N)C=C2)c2ccc(N)cc2)ccc1F. The van der Waals surface area contributed by atoms with Gasteiger partial charge in [0.1, 0.15) is 5.82 Å². The fourth-order valence-corrected chi connectivity index (χ4v) is 2.59. The first kappa shape index (κ1) is 15.0. The Kier molecular flexibility index (Phi) is 3.94. The Balaban J connectivity index is 2.22. The number of nitrogens with one attached hydrogen (secondary N) is 1. The van der Waals surface area contributed by atoms with E-state index in [2.05, 4.69) is 0 Å². The van der Waals surface area contributed by atoms with E-state index in [1.165, 1.54) is 6.07 Å². The number of anilines is 1. The summed E-state index contributed by atoms with van der Waals surface area (Å²) < 4.78 is 13.6. The minimum atomic E-state index is -0.216. The van der Waals surface area contributed by atoms with Crippen LogP contribution in [0.5, 0.6) is 0 Å². The summed E-state index contributed by atoms with van der Waals surface area (Å²) in [5.74, 6) is -0.216. The van der Waals surface area contributed by atoms with Gasteiger partial charge in [0.25, 0.3) is 0 Å². The Hall–Kier alpha value is -2.94. The van der Waals surface area contributed by atoms with E-state index in [1.807, 2.05) is 42.5 Å². The van der Waals surface area contributed by atoms with Crippen LogP contribution in [0, 0.1) is 18.2 Å². The summed E-state index contributed by atoms with van der Waals surface area (Å²) in [4.78, 5) is 0. The van der Waals surface area contributed by atoms with Crippen molar-refractivity contribution in [2.75, 3.05) is 5.73 Å². The Morgan fingerprint density at radius 2 is 1.52 bits per heavy atom. The fraction of sp³-hybridized carbons (Fsp3) is 0.0500. The quantitative estimate of drug-likeness (QED) is 0.779. The summed E-state index contributed by atoms with van der Waals surface area (Å²) in [6, 6.07) is 12.7. The van der Waals surface area contributed by atoms with Gasteiger partial charge >= 0.3 is 0 Å². The second-order valence-electron chi connectivity index (χ2n) is 5.54. The molecule has 2 aromatic carbocycles. The van der Waals surface area contributed by atoms with Gasteiger partial charge in [-0.3, -0.25) is 0 Å². The Morgan fingerprint density at radius 3 is 2.13 bits per heavy atom. The van der Waals surface area contributed by atoms with Crippen molar-refractivity contribution in [1.82, 2.24) is 0 Å². The molecule has 2 aromatic rings. The largest absolute Gasteiger partial charge is 0.399 e. The van der Waals surface area contributed by atoms with Crippen molar-refractivity contribution in [2.24, 2.45) is 0 Å². The third-order valence-corrected chi connectivity index (χ3v) is 3.82. The number of aryl methyl sites for hydroxylation is 1. The van der Waals surface area contributed by atoms with Crippen molar-refractivity contribution < 1.29 is 4.39 Å². The Morgan fingerprint density at radius 1 is 0.913 bits per heavy atom. The molecule has 0 saturated heterocycles. The van der Waals surface area contributed by atoms with Gasteiger partial charge in [-0.25, -0.2) is 4.39 Å². The van der Waals surface area contributed by atoms with E-state index in [0.29, 0.717) is 17.0 Å². The molecule has 23 heavy (non-hydrogen) atoms. The minimum absolute atomic E-state index is 0.216. The topological polar surface area (TPSA) is 49.9 Å². The van der Waals surface area contributed by atoms with E-state index >= 15 is 0 Å². The molecule has 2 nitrogen and oxygen atoms in total. The molecule has 1 aliphatic carbocycles. The molecular formula is C20H17FN2. The van der Waals surface area contributed by atoms with Crippen LogP contribution in [-0.4, -0.2) is 5.71 Å². The first-order valence-corrected chi connectivity index (χ1v) is 7.36. The first-order chi connectivity index (χ1) is 11.0. The molecule has 0 unspecified atom stereocenters. The maximum Gasteiger partial charge on any atom is 0.126 e. The van der Waals surface area contributed by atoms with Crippen molar-refractivity contribution >= 4 is 17.0 Å². The van der Waals surface area contributed by atoms with E-state index in [0.717, 1.165) is 22.3 Å². The molecule has 1 aliphatic rings.